The Hall–Kier alpha value is -2.02. The zero-order valence-corrected chi connectivity index (χ0v) is 15.7. The highest BCUT2D eigenvalue weighted by Crippen LogP contribution is 2.33. The van der Waals surface area contributed by atoms with Crippen LogP contribution in [0.5, 0.6) is 0 Å². The molecule has 0 saturated heterocycles. The van der Waals surface area contributed by atoms with Crippen LogP contribution < -0.4 is 10.6 Å². The maximum atomic E-state index is 12.2. The molecule has 0 aliphatic rings. The average Bonchev–Trinajstić information content (AvgIpc) is 2.58. The molecule has 132 valence electrons. The minimum absolute atomic E-state index is 0.131. The predicted octanol–water partition coefficient (Wildman–Crippen LogP) is 3.11. The second kappa shape index (κ2) is 9.46. The summed E-state index contributed by atoms with van der Waals surface area (Å²) in [6, 6.07) is 15.1. The van der Waals surface area contributed by atoms with Crippen LogP contribution in [0.3, 0.4) is 0 Å². The molecule has 7 heteroatoms. The Morgan fingerprint density at radius 3 is 2.36 bits per heavy atom. The molecule has 0 bridgehead atoms. The van der Waals surface area contributed by atoms with Crippen LogP contribution in [0.15, 0.2) is 58.3 Å². The Morgan fingerprint density at radius 1 is 1.04 bits per heavy atom. The molecule has 0 saturated carbocycles. The van der Waals surface area contributed by atoms with Gasteiger partial charge in [-0.2, -0.15) is 0 Å². The molecule has 2 N–H and O–H groups in total. The summed E-state index contributed by atoms with van der Waals surface area (Å²) in [5, 5.41) is 6.12. The third kappa shape index (κ3) is 6.42. The van der Waals surface area contributed by atoms with Gasteiger partial charge in [0, 0.05) is 21.9 Å². The fourth-order valence-electron chi connectivity index (χ4n) is 2.10. The lowest BCUT2D eigenvalue weighted by molar-refractivity contribution is -0.122. The summed E-state index contributed by atoms with van der Waals surface area (Å²) in [6.45, 7) is 0.304. The number of para-hydroxylation sites is 1. The molecule has 0 spiro atoms. The Labute approximate surface area is 156 Å². The number of rotatable bonds is 7. The van der Waals surface area contributed by atoms with Gasteiger partial charge in [0.15, 0.2) is 0 Å². The lowest BCUT2D eigenvalue weighted by atomic mass is 10.3. The molecule has 0 atom stereocenters. The number of nitrogens with one attached hydrogen (secondary N) is 2. The summed E-state index contributed by atoms with van der Waals surface area (Å²) < 4.78 is 0. The standard InChI is InChI=1S/C18H20ClN3O2S/c1-20-17(23)11-22(2)12-18(24)21-15-5-3-4-6-16(15)25-14-9-7-13(19)8-10-14/h3-10H,11-12H2,1-2H3,(H,20,23)(H,21,24). The molecule has 2 aromatic carbocycles. The van der Waals surface area contributed by atoms with Gasteiger partial charge < -0.3 is 10.6 Å². The van der Waals surface area contributed by atoms with Gasteiger partial charge in [0.25, 0.3) is 0 Å². The molecule has 0 aliphatic heterocycles. The van der Waals surface area contributed by atoms with Crippen molar-refractivity contribution in [3.63, 3.8) is 0 Å². The molecular weight excluding hydrogens is 358 g/mol. The summed E-state index contributed by atoms with van der Waals surface area (Å²) in [7, 11) is 3.30. The third-order valence-electron chi connectivity index (χ3n) is 3.31. The molecule has 0 fully saturated rings. The molecule has 5 nitrogen and oxygen atoms in total. The quantitative estimate of drug-likeness (QED) is 0.778. The van der Waals surface area contributed by atoms with Crippen LogP contribution in [0.25, 0.3) is 0 Å². The number of benzene rings is 2. The summed E-state index contributed by atoms with van der Waals surface area (Å²) in [4.78, 5) is 27.2. The number of nitrogens with zero attached hydrogens (tertiary/aromatic N) is 1. The van der Waals surface area contributed by atoms with Crippen LogP contribution in [-0.4, -0.2) is 43.9 Å². The van der Waals surface area contributed by atoms with Gasteiger partial charge >= 0.3 is 0 Å². The van der Waals surface area contributed by atoms with Gasteiger partial charge in [0.1, 0.15) is 0 Å². The number of hydrogen-bond acceptors (Lipinski definition) is 4. The van der Waals surface area contributed by atoms with Crippen molar-refractivity contribution in [1.82, 2.24) is 10.2 Å². The molecule has 25 heavy (non-hydrogen) atoms. The first-order valence-electron chi connectivity index (χ1n) is 7.69. The van der Waals surface area contributed by atoms with Crippen molar-refractivity contribution in [2.75, 3.05) is 32.5 Å². The van der Waals surface area contributed by atoms with Crippen LogP contribution in [0.1, 0.15) is 0 Å². The molecule has 0 heterocycles. The smallest absolute Gasteiger partial charge is 0.238 e. The molecule has 2 aromatic rings. The van der Waals surface area contributed by atoms with E-state index in [2.05, 4.69) is 10.6 Å². The zero-order valence-electron chi connectivity index (χ0n) is 14.1. The first-order valence-corrected chi connectivity index (χ1v) is 8.89. The normalized spacial score (nSPS) is 10.6. The molecule has 0 radical (unpaired) electrons. The number of amides is 2. The van der Waals surface area contributed by atoms with E-state index >= 15 is 0 Å². The number of carbonyl (C=O) groups is 2. The van der Waals surface area contributed by atoms with Crippen molar-refractivity contribution in [3.05, 3.63) is 53.6 Å². The van der Waals surface area contributed by atoms with E-state index in [-0.39, 0.29) is 24.9 Å². The van der Waals surface area contributed by atoms with Gasteiger partial charge in [0.2, 0.25) is 11.8 Å². The van der Waals surface area contributed by atoms with Crippen LogP contribution >= 0.6 is 23.4 Å². The lowest BCUT2D eigenvalue weighted by Crippen LogP contribution is -2.37. The van der Waals surface area contributed by atoms with Crippen molar-refractivity contribution in [3.8, 4) is 0 Å². The van der Waals surface area contributed by atoms with Crippen LogP contribution in [0, 0.1) is 0 Å². The lowest BCUT2D eigenvalue weighted by Gasteiger charge is -2.16. The number of halogens is 1. The van der Waals surface area contributed by atoms with E-state index in [0.717, 1.165) is 15.5 Å². The SMILES string of the molecule is CNC(=O)CN(C)CC(=O)Nc1ccccc1Sc1ccc(Cl)cc1. The summed E-state index contributed by atoms with van der Waals surface area (Å²) in [5.74, 6) is -0.301. The summed E-state index contributed by atoms with van der Waals surface area (Å²) >= 11 is 7.46. The zero-order chi connectivity index (χ0) is 18.2. The van der Waals surface area contributed by atoms with E-state index in [0.29, 0.717) is 5.02 Å². The van der Waals surface area contributed by atoms with Crippen molar-refractivity contribution in [1.29, 1.82) is 0 Å². The third-order valence-corrected chi connectivity index (χ3v) is 4.64. The van der Waals surface area contributed by atoms with Crippen molar-refractivity contribution in [2.24, 2.45) is 0 Å². The Bertz CT molecular complexity index is 737. The monoisotopic (exact) mass is 377 g/mol. The highest BCUT2D eigenvalue weighted by atomic mass is 35.5. The van der Waals surface area contributed by atoms with Gasteiger partial charge in [-0.1, -0.05) is 35.5 Å². The average molecular weight is 378 g/mol. The number of likely N-dealkylation sites (N-methyl/N-ethyl adjacent to an activating group) is 2. The molecule has 0 aromatic heterocycles. The van der Waals surface area contributed by atoms with E-state index in [1.165, 1.54) is 0 Å². The van der Waals surface area contributed by atoms with E-state index in [1.54, 1.807) is 30.8 Å². The largest absolute Gasteiger partial charge is 0.358 e. The van der Waals surface area contributed by atoms with Gasteiger partial charge in [-0.15, -0.1) is 0 Å². The van der Waals surface area contributed by atoms with Crippen LogP contribution in [-0.2, 0) is 9.59 Å². The Balaban J connectivity index is 2.01. The first-order chi connectivity index (χ1) is 12.0. The van der Waals surface area contributed by atoms with E-state index < -0.39 is 0 Å². The van der Waals surface area contributed by atoms with Gasteiger partial charge in [0.05, 0.1) is 18.8 Å². The maximum Gasteiger partial charge on any atom is 0.238 e. The van der Waals surface area contributed by atoms with Crippen molar-refractivity contribution in [2.45, 2.75) is 9.79 Å². The summed E-state index contributed by atoms with van der Waals surface area (Å²) in [5.41, 5.74) is 0.737. The second-order valence-electron chi connectivity index (χ2n) is 5.45. The minimum Gasteiger partial charge on any atom is -0.358 e. The van der Waals surface area contributed by atoms with Gasteiger partial charge in [-0.25, -0.2) is 0 Å². The molecular formula is C18H20ClN3O2S. The minimum atomic E-state index is -0.171. The molecule has 2 rings (SSSR count). The fourth-order valence-corrected chi connectivity index (χ4v) is 3.13. The van der Waals surface area contributed by atoms with E-state index in [4.69, 9.17) is 11.6 Å². The van der Waals surface area contributed by atoms with E-state index in [9.17, 15) is 9.59 Å². The molecule has 0 unspecified atom stereocenters. The van der Waals surface area contributed by atoms with Crippen molar-refractivity contribution < 1.29 is 9.59 Å². The highest BCUT2D eigenvalue weighted by molar-refractivity contribution is 7.99. The second-order valence-corrected chi connectivity index (χ2v) is 7.00. The first kappa shape index (κ1) is 19.3. The summed E-state index contributed by atoms with van der Waals surface area (Å²) in [6.07, 6.45) is 0. The van der Waals surface area contributed by atoms with Crippen molar-refractivity contribution >= 4 is 40.9 Å². The fraction of sp³-hybridized carbons (Fsp3) is 0.222. The van der Waals surface area contributed by atoms with Gasteiger partial charge in [-0.3, -0.25) is 14.5 Å². The number of anilines is 1. The Morgan fingerprint density at radius 2 is 1.68 bits per heavy atom. The molecule has 2 amide bonds. The van der Waals surface area contributed by atoms with Crippen LogP contribution in [0.4, 0.5) is 5.69 Å². The highest BCUT2D eigenvalue weighted by Gasteiger charge is 2.12. The van der Waals surface area contributed by atoms with Crippen LogP contribution in [0.2, 0.25) is 5.02 Å². The number of hydrogen-bond donors (Lipinski definition) is 2. The Kier molecular flexibility index (Phi) is 7.31. The number of carbonyl (C=O) groups excluding carboxylic acids is 2. The van der Waals surface area contributed by atoms with E-state index in [1.807, 2.05) is 48.5 Å². The maximum absolute atomic E-state index is 12.2. The van der Waals surface area contributed by atoms with Gasteiger partial charge in [-0.05, 0) is 43.4 Å². The molecule has 0 aliphatic carbocycles. The predicted molar refractivity (Wildman–Crippen MR) is 102 cm³/mol. The topological polar surface area (TPSA) is 61.4 Å².